The summed E-state index contributed by atoms with van der Waals surface area (Å²) in [7, 11) is 0. The summed E-state index contributed by atoms with van der Waals surface area (Å²) < 4.78 is 4.78. The first kappa shape index (κ1) is 41.3. The highest BCUT2D eigenvalue weighted by Crippen LogP contribution is 2.41. The van der Waals surface area contributed by atoms with Gasteiger partial charge in [-0.15, -0.1) is 0 Å². The number of nitrogens with zero attached hydrogens (tertiary/aromatic N) is 4. The Kier molecular flexibility index (Phi) is 9.82. The second kappa shape index (κ2) is 17.1. The molecule has 0 aliphatic carbocycles. The lowest BCUT2D eigenvalue weighted by Gasteiger charge is -2.14. The smallest absolute Gasteiger partial charge is 0.0973 e. The van der Waals surface area contributed by atoms with E-state index in [0.29, 0.717) is 0 Å². The van der Waals surface area contributed by atoms with Crippen molar-refractivity contribution in [2.45, 2.75) is 0 Å². The highest BCUT2D eigenvalue weighted by atomic mass is 15.0. The SMILES string of the molecule is c1ccc(-c2ccc3c(c2)c2cc(-c4ccccc4)ccc2n3-c2ccc(-c3nc4ccccc4nc3-c3ccc(-n4c5ccc(-c6ccccc6)cc5c5cc(-c6ccccc6)ccc54)cc3)cc2)cc1. The largest absolute Gasteiger partial charge is 0.309 e. The molecule has 0 saturated heterocycles. The minimum absolute atomic E-state index is 0.842. The Morgan fingerprint density at radius 1 is 0.208 bits per heavy atom. The Morgan fingerprint density at radius 2 is 0.458 bits per heavy atom. The Balaban J connectivity index is 0.874. The molecule has 0 spiro atoms. The van der Waals surface area contributed by atoms with Gasteiger partial charge in [0.2, 0.25) is 0 Å². The third-order valence-corrected chi connectivity index (χ3v) is 14.3. The van der Waals surface area contributed by atoms with Crippen molar-refractivity contribution in [2.24, 2.45) is 0 Å². The maximum atomic E-state index is 5.34. The van der Waals surface area contributed by atoms with E-state index in [1.165, 1.54) is 66.1 Å². The summed E-state index contributed by atoms with van der Waals surface area (Å²) in [6.07, 6.45) is 0. The molecule has 72 heavy (non-hydrogen) atoms. The van der Waals surface area contributed by atoms with Crippen LogP contribution in [0.1, 0.15) is 0 Å². The zero-order valence-corrected chi connectivity index (χ0v) is 39.2. The molecule has 0 atom stereocenters. The van der Waals surface area contributed by atoms with Crippen LogP contribution in [0.2, 0.25) is 0 Å². The summed E-state index contributed by atoms with van der Waals surface area (Å²) in [5.41, 5.74) is 21.8. The predicted molar refractivity (Wildman–Crippen MR) is 301 cm³/mol. The average molecular weight is 917 g/mol. The molecule has 0 radical (unpaired) electrons. The lowest BCUT2D eigenvalue weighted by atomic mass is 10.0. The molecule has 11 aromatic carbocycles. The van der Waals surface area contributed by atoms with Gasteiger partial charge in [0.05, 0.1) is 44.5 Å². The molecule has 0 unspecified atom stereocenters. The molecule has 0 fully saturated rings. The van der Waals surface area contributed by atoms with Crippen LogP contribution in [0, 0.1) is 0 Å². The van der Waals surface area contributed by atoms with E-state index >= 15 is 0 Å². The molecule has 336 valence electrons. The Bertz CT molecular complexity index is 3850. The van der Waals surface area contributed by atoms with E-state index in [0.717, 1.165) is 67.0 Å². The van der Waals surface area contributed by atoms with E-state index in [1.807, 2.05) is 24.3 Å². The van der Waals surface area contributed by atoms with Gasteiger partial charge in [0, 0.05) is 44.0 Å². The number of hydrogen-bond donors (Lipinski definition) is 0. The minimum atomic E-state index is 0.842. The first-order valence-corrected chi connectivity index (χ1v) is 24.6. The molecule has 14 rings (SSSR count). The summed E-state index contributed by atoms with van der Waals surface area (Å²) in [5, 5.41) is 4.87. The van der Waals surface area contributed by atoms with Crippen molar-refractivity contribution in [3.05, 3.63) is 267 Å². The summed E-state index contributed by atoms with van der Waals surface area (Å²) in [6, 6.07) is 95.9. The number of benzene rings is 11. The molecule has 3 aromatic heterocycles. The minimum Gasteiger partial charge on any atom is -0.309 e. The molecule has 0 saturated carbocycles. The molecular weight excluding hydrogens is 873 g/mol. The third kappa shape index (κ3) is 7.08. The topological polar surface area (TPSA) is 35.6 Å². The van der Waals surface area contributed by atoms with Crippen molar-refractivity contribution in [1.82, 2.24) is 19.1 Å². The van der Waals surface area contributed by atoms with Gasteiger partial charge in [-0.05, 0) is 129 Å². The Labute approximate surface area is 417 Å². The lowest BCUT2D eigenvalue weighted by Crippen LogP contribution is -1.98. The molecular formula is C68H44N4. The van der Waals surface area contributed by atoms with Gasteiger partial charge >= 0.3 is 0 Å². The Hall–Kier alpha value is -9.64. The van der Waals surface area contributed by atoms with E-state index in [4.69, 9.17) is 9.97 Å². The maximum Gasteiger partial charge on any atom is 0.0973 e. The number of aromatic nitrogens is 4. The maximum absolute atomic E-state index is 5.34. The van der Waals surface area contributed by atoms with Crippen LogP contribution >= 0.6 is 0 Å². The first-order chi connectivity index (χ1) is 35.7. The number of rotatable bonds is 8. The molecule has 14 aromatic rings. The van der Waals surface area contributed by atoms with Gasteiger partial charge in [0.15, 0.2) is 0 Å². The van der Waals surface area contributed by atoms with Crippen LogP contribution in [-0.4, -0.2) is 19.1 Å². The highest BCUT2D eigenvalue weighted by Gasteiger charge is 2.19. The fourth-order valence-electron chi connectivity index (χ4n) is 10.8. The molecule has 3 heterocycles. The van der Waals surface area contributed by atoms with Crippen LogP contribution in [0.25, 0.3) is 133 Å². The van der Waals surface area contributed by atoms with Crippen LogP contribution < -0.4 is 0 Å². The average Bonchev–Trinajstić information content (AvgIpc) is 3.97. The van der Waals surface area contributed by atoms with Crippen LogP contribution in [0.3, 0.4) is 0 Å². The van der Waals surface area contributed by atoms with E-state index in [1.54, 1.807) is 0 Å². The molecule has 0 bridgehead atoms. The second-order valence-electron chi connectivity index (χ2n) is 18.6. The first-order valence-electron chi connectivity index (χ1n) is 24.6. The van der Waals surface area contributed by atoms with Crippen molar-refractivity contribution >= 4 is 54.6 Å². The second-order valence-corrected chi connectivity index (χ2v) is 18.6. The van der Waals surface area contributed by atoms with Crippen molar-refractivity contribution in [1.29, 1.82) is 0 Å². The lowest BCUT2D eigenvalue weighted by molar-refractivity contribution is 1.18. The fraction of sp³-hybridized carbons (Fsp3) is 0. The van der Waals surface area contributed by atoms with E-state index in [-0.39, 0.29) is 0 Å². The zero-order chi connectivity index (χ0) is 47.5. The highest BCUT2D eigenvalue weighted by molar-refractivity contribution is 6.13. The van der Waals surface area contributed by atoms with Gasteiger partial charge in [-0.2, -0.15) is 0 Å². The van der Waals surface area contributed by atoms with Crippen LogP contribution in [0.5, 0.6) is 0 Å². The molecule has 4 nitrogen and oxygen atoms in total. The molecule has 0 N–H and O–H groups in total. The number of fused-ring (bicyclic) bond motifs is 7. The van der Waals surface area contributed by atoms with Crippen LogP contribution in [-0.2, 0) is 0 Å². The zero-order valence-electron chi connectivity index (χ0n) is 39.2. The van der Waals surface area contributed by atoms with Crippen molar-refractivity contribution in [3.63, 3.8) is 0 Å². The molecule has 4 heteroatoms. The predicted octanol–water partition coefficient (Wildman–Crippen LogP) is 17.8. The quantitative estimate of drug-likeness (QED) is 0.152. The van der Waals surface area contributed by atoms with Gasteiger partial charge in [-0.25, -0.2) is 9.97 Å². The van der Waals surface area contributed by atoms with E-state index < -0.39 is 0 Å². The van der Waals surface area contributed by atoms with Gasteiger partial charge in [-0.3, -0.25) is 0 Å². The van der Waals surface area contributed by atoms with Gasteiger partial charge < -0.3 is 9.13 Å². The summed E-state index contributed by atoms with van der Waals surface area (Å²) in [4.78, 5) is 10.7. The van der Waals surface area contributed by atoms with Crippen LogP contribution in [0.15, 0.2) is 267 Å². The van der Waals surface area contributed by atoms with Gasteiger partial charge in [-0.1, -0.05) is 182 Å². The molecule has 0 aliphatic rings. The number of para-hydroxylation sites is 2. The monoisotopic (exact) mass is 916 g/mol. The van der Waals surface area contributed by atoms with E-state index in [2.05, 4.69) is 252 Å². The van der Waals surface area contributed by atoms with Crippen LogP contribution in [0.4, 0.5) is 0 Å². The normalized spacial score (nSPS) is 11.6. The Morgan fingerprint density at radius 3 is 0.736 bits per heavy atom. The summed E-state index contributed by atoms with van der Waals surface area (Å²) in [5.74, 6) is 0. The van der Waals surface area contributed by atoms with Gasteiger partial charge in [0.25, 0.3) is 0 Å². The summed E-state index contributed by atoms with van der Waals surface area (Å²) >= 11 is 0. The number of hydrogen-bond acceptors (Lipinski definition) is 2. The van der Waals surface area contributed by atoms with Crippen molar-refractivity contribution < 1.29 is 0 Å². The van der Waals surface area contributed by atoms with E-state index in [9.17, 15) is 0 Å². The summed E-state index contributed by atoms with van der Waals surface area (Å²) in [6.45, 7) is 0. The van der Waals surface area contributed by atoms with Gasteiger partial charge in [0.1, 0.15) is 0 Å². The third-order valence-electron chi connectivity index (χ3n) is 14.3. The van der Waals surface area contributed by atoms with Crippen molar-refractivity contribution in [3.8, 4) is 78.4 Å². The fourth-order valence-corrected chi connectivity index (χ4v) is 10.8. The molecule has 0 aliphatic heterocycles. The molecule has 0 amide bonds. The standard InChI is InChI=1S/C68H44N4/c1-5-15-45(16-6-1)51-29-37-63-57(41-51)58-42-52(46-17-7-2-8-18-46)30-38-64(58)71(63)55-33-25-49(26-34-55)67-68(70-62-24-14-13-23-61(62)69-67)50-27-35-56(36-28-50)72-65-39-31-53(47-19-9-3-10-20-47)43-59(65)60-44-54(32-40-66(60)72)48-21-11-4-12-22-48/h1-44H. The van der Waals surface area contributed by atoms with Crippen molar-refractivity contribution in [2.75, 3.05) is 0 Å².